The van der Waals surface area contributed by atoms with Crippen molar-refractivity contribution >= 4 is 15.9 Å². The van der Waals surface area contributed by atoms with Crippen molar-refractivity contribution in [1.82, 2.24) is 9.21 Å². The number of methoxy groups -OCH3 is 1. The molecule has 1 aliphatic rings. The van der Waals surface area contributed by atoms with Crippen molar-refractivity contribution in [3.63, 3.8) is 0 Å². The molecule has 0 N–H and O–H groups in total. The molecule has 1 fully saturated rings. The van der Waals surface area contributed by atoms with Crippen molar-refractivity contribution in [2.24, 2.45) is 5.92 Å². The van der Waals surface area contributed by atoms with Crippen molar-refractivity contribution < 1.29 is 17.9 Å². The monoisotopic (exact) mass is 368 g/mol. The summed E-state index contributed by atoms with van der Waals surface area (Å²) in [5, 5.41) is 0. The van der Waals surface area contributed by atoms with Crippen LogP contribution >= 0.6 is 0 Å². The molecule has 0 aliphatic carbocycles. The van der Waals surface area contributed by atoms with Crippen LogP contribution in [-0.4, -0.2) is 56.5 Å². The Morgan fingerprint density at radius 1 is 1.32 bits per heavy atom. The lowest BCUT2D eigenvalue weighted by molar-refractivity contribution is -0.133. The van der Waals surface area contributed by atoms with Crippen LogP contribution in [0.4, 0.5) is 0 Å². The first-order chi connectivity index (χ1) is 11.8. The van der Waals surface area contributed by atoms with Gasteiger partial charge in [0.15, 0.2) is 0 Å². The lowest BCUT2D eigenvalue weighted by Crippen LogP contribution is -2.41. The van der Waals surface area contributed by atoms with Crippen LogP contribution < -0.4 is 4.74 Å². The highest BCUT2D eigenvalue weighted by Gasteiger charge is 2.23. The Bertz CT molecular complexity index is 673. The fraction of sp³-hybridized carbons (Fsp3) is 0.611. The van der Waals surface area contributed by atoms with Crippen molar-refractivity contribution in [3.05, 3.63) is 29.8 Å². The van der Waals surface area contributed by atoms with Gasteiger partial charge in [-0.3, -0.25) is 4.79 Å². The Hall–Kier alpha value is -1.60. The van der Waals surface area contributed by atoms with Gasteiger partial charge in [0, 0.05) is 32.6 Å². The van der Waals surface area contributed by atoms with Crippen molar-refractivity contribution in [2.45, 2.75) is 32.7 Å². The van der Waals surface area contributed by atoms with Crippen LogP contribution in [0.15, 0.2) is 24.3 Å². The van der Waals surface area contributed by atoms with Gasteiger partial charge >= 0.3 is 0 Å². The van der Waals surface area contributed by atoms with Crippen molar-refractivity contribution in [3.8, 4) is 5.75 Å². The number of rotatable bonds is 7. The van der Waals surface area contributed by atoms with Crippen molar-refractivity contribution in [2.75, 3.05) is 33.0 Å². The van der Waals surface area contributed by atoms with E-state index in [0.29, 0.717) is 5.92 Å². The number of hydrogen-bond donors (Lipinski definition) is 0. The summed E-state index contributed by atoms with van der Waals surface area (Å²) < 4.78 is 30.6. The third-order valence-corrected chi connectivity index (χ3v) is 5.82. The van der Waals surface area contributed by atoms with E-state index in [9.17, 15) is 13.2 Å². The van der Waals surface area contributed by atoms with Gasteiger partial charge in [-0.15, -0.1) is 0 Å². The predicted molar refractivity (Wildman–Crippen MR) is 97.8 cm³/mol. The quantitative estimate of drug-likeness (QED) is 0.739. The number of benzene rings is 1. The molecule has 0 spiro atoms. The van der Waals surface area contributed by atoms with E-state index in [1.807, 2.05) is 17.0 Å². The number of ether oxygens (including phenoxy) is 1. The SMILES string of the molecule is COc1ccc(CN(CCC(=O)N2CCCC(C)C2)S(C)(=O)=O)cc1. The molecule has 0 bridgehead atoms. The molecule has 140 valence electrons. The highest BCUT2D eigenvalue weighted by atomic mass is 32.2. The number of carbonyl (C=O) groups is 1. The molecule has 6 nitrogen and oxygen atoms in total. The van der Waals surface area contributed by atoms with Gasteiger partial charge in [-0.05, 0) is 36.5 Å². The van der Waals surface area contributed by atoms with Crippen LogP contribution in [0.5, 0.6) is 5.75 Å². The van der Waals surface area contributed by atoms with Crippen LogP contribution in [0.2, 0.25) is 0 Å². The molecule has 1 aliphatic heterocycles. The normalized spacial score (nSPS) is 18.4. The first-order valence-electron chi connectivity index (χ1n) is 8.65. The van der Waals surface area contributed by atoms with Gasteiger partial charge in [-0.2, -0.15) is 4.31 Å². The second kappa shape index (κ2) is 8.67. The van der Waals surface area contributed by atoms with Gasteiger partial charge in [0.1, 0.15) is 5.75 Å². The molecule has 0 saturated carbocycles. The maximum Gasteiger partial charge on any atom is 0.223 e. The molecule has 1 amide bonds. The maximum atomic E-state index is 12.4. The van der Waals surface area contributed by atoms with Gasteiger partial charge < -0.3 is 9.64 Å². The zero-order chi connectivity index (χ0) is 18.4. The Morgan fingerprint density at radius 2 is 2.00 bits per heavy atom. The summed E-state index contributed by atoms with van der Waals surface area (Å²) in [7, 11) is -1.80. The molecule has 1 unspecified atom stereocenters. The minimum Gasteiger partial charge on any atom is -0.497 e. The number of sulfonamides is 1. The lowest BCUT2D eigenvalue weighted by atomic mass is 10.00. The summed E-state index contributed by atoms with van der Waals surface area (Å²) in [6, 6.07) is 7.28. The van der Waals surface area contributed by atoms with Crippen molar-refractivity contribution in [1.29, 1.82) is 0 Å². The summed E-state index contributed by atoms with van der Waals surface area (Å²) >= 11 is 0. The van der Waals surface area contributed by atoms with E-state index < -0.39 is 10.0 Å². The summed E-state index contributed by atoms with van der Waals surface area (Å²) in [4.78, 5) is 14.3. The number of amides is 1. The lowest BCUT2D eigenvalue weighted by Gasteiger charge is -2.31. The molecule has 1 aromatic carbocycles. The molecule has 1 atom stereocenters. The maximum absolute atomic E-state index is 12.4. The number of nitrogens with zero attached hydrogens (tertiary/aromatic N) is 2. The summed E-state index contributed by atoms with van der Waals surface area (Å²) in [6.45, 7) is 4.16. The number of carbonyl (C=O) groups excluding carboxylic acids is 1. The third-order valence-electron chi connectivity index (χ3n) is 4.57. The Labute approximate surface area is 150 Å². The summed E-state index contributed by atoms with van der Waals surface area (Å²) in [5.74, 6) is 1.28. The fourth-order valence-electron chi connectivity index (χ4n) is 3.09. The summed E-state index contributed by atoms with van der Waals surface area (Å²) in [6.07, 6.45) is 3.57. The van der Waals surface area contributed by atoms with E-state index in [1.165, 1.54) is 10.6 Å². The molecule has 1 saturated heterocycles. The minimum atomic E-state index is -3.38. The number of piperidine rings is 1. The van der Waals surface area contributed by atoms with Crippen LogP contribution in [0, 0.1) is 5.92 Å². The molecule has 0 radical (unpaired) electrons. The van der Waals surface area contributed by atoms with E-state index in [-0.39, 0.29) is 25.4 Å². The highest BCUT2D eigenvalue weighted by Crippen LogP contribution is 2.18. The van der Waals surface area contributed by atoms with Gasteiger partial charge in [0.25, 0.3) is 0 Å². The average molecular weight is 368 g/mol. The molecular weight excluding hydrogens is 340 g/mol. The van der Waals surface area contributed by atoms with E-state index in [0.717, 1.165) is 37.2 Å². The molecule has 1 aromatic rings. The molecule has 2 rings (SSSR count). The standard InChI is InChI=1S/C18H28N2O4S/c1-15-5-4-11-19(13-15)18(21)10-12-20(25(3,22)23)14-16-6-8-17(24-2)9-7-16/h6-9,15H,4-5,10-14H2,1-3H3. The first-order valence-corrected chi connectivity index (χ1v) is 10.5. The summed E-state index contributed by atoms with van der Waals surface area (Å²) in [5.41, 5.74) is 0.866. The van der Waals surface area contributed by atoms with E-state index in [4.69, 9.17) is 4.74 Å². The van der Waals surface area contributed by atoms with Crippen LogP contribution in [0.3, 0.4) is 0 Å². The van der Waals surface area contributed by atoms with Crippen LogP contribution in [-0.2, 0) is 21.4 Å². The second-order valence-electron chi connectivity index (χ2n) is 6.78. The first kappa shape index (κ1) is 19.7. The van der Waals surface area contributed by atoms with Gasteiger partial charge in [-0.25, -0.2) is 8.42 Å². The highest BCUT2D eigenvalue weighted by molar-refractivity contribution is 7.88. The molecule has 25 heavy (non-hydrogen) atoms. The van der Waals surface area contributed by atoms with Gasteiger partial charge in [0.05, 0.1) is 13.4 Å². The number of hydrogen-bond acceptors (Lipinski definition) is 4. The second-order valence-corrected chi connectivity index (χ2v) is 8.76. The zero-order valence-corrected chi connectivity index (χ0v) is 16.1. The zero-order valence-electron chi connectivity index (χ0n) is 15.3. The van der Waals surface area contributed by atoms with E-state index in [2.05, 4.69) is 6.92 Å². The van der Waals surface area contributed by atoms with Crippen LogP contribution in [0.25, 0.3) is 0 Å². The Kier molecular flexibility index (Phi) is 6.84. The number of likely N-dealkylation sites (tertiary alicyclic amines) is 1. The Morgan fingerprint density at radius 3 is 2.56 bits per heavy atom. The van der Waals surface area contributed by atoms with Gasteiger partial charge in [-0.1, -0.05) is 19.1 Å². The topological polar surface area (TPSA) is 66.9 Å². The molecule has 0 aromatic heterocycles. The fourth-order valence-corrected chi connectivity index (χ4v) is 3.90. The third kappa shape index (κ3) is 6.01. The predicted octanol–water partition coefficient (Wildman–Crippen LogP) is 2.11. The van der Waals surface area contributed by atoms with Crippen LogP contribution in [0.1, 0.15) is 31.7 Å². The minimum absolute atomic E-state index is 0.0370. The smallest absolute Gasteiger partial charge is 0.223 e. The van der Waals surface area contributed by atoms with E-state index in [1.54, 1.807) is 19.2 Å². The van der Waals surface area contributed by atoms with E-state index >= 15 is 0 Å². The largest absolute Gasteiger partial charge is 0.497 e. The van der Waals surface area contributed by atoms with Gasteiger partial charge in [0.2, 0.25) is 15.9 Å². The molecular formula is C18H28N2O4S. The molecule has 7 heteroatoms. The Balaban J connectivity index is 1.96. The molecule has 1 heterocycles. The average Bonchev–Trinajstić information content (AvgIpc) is 2.57.